The Bertz CT molecular complexity index is 858. The summed E-state index contributed by atoms with van der Waals surface area (Å²) in [6.07, 6.45) is 2.72. The fourth-order valence-electron chi connectivity index (χ4n) is 3.10. The molecule has 0 bridgehead atoms. The first-order valence-corrected chi connectivity index (χ1v) is 9.19. The Hall–Kier alpha value is -2.51. The molecule has 7 heteroatoms. The van der Waals surface area contributed by atoms with Crippen LogP contribution in [0.2, 0.25) is 0 Å². The average Bonchev–Trinajstić information content (AvgIpc) is 3.32. The first-order valence-electron chi connectivity index (χ1n) is 8.31. The lowest BCUT2D eigenvalue weighted by molar-refractivity contribution is 0.0944. The lowest BCUT2D eigenvalue weighted by Crippen LogP contribution is -2.38. The number of benzene rings is 1. The van der Waals surface area contributed by atoms with Crippen molar-refractivity contribution in [2.75, 3.05) is 13.1 Å². The van der Waals surface area contributed by atoms with Crippen LogP contribution in [0.4, 0.5) is 0 Å². The van der Waals surface area contributed by atoms with Crippen LogP contribution in [0.15, 0.2) is 48.0 Å². The van der Waals surface area contributed by atoms with Crippen molar-refractivity contribution >= 4 is 17.2 Å². The van der Waals surface area contributed by atoms with Crippen LogP contribution >= 0.6 is 11.3 Å². The van der Waals surface area contributed by atoms with E-state index in [0.717, 1.165) is 13.0 Å². The minimum atomic E-state index is -0.192. The van der Waals surface area contributed by atoms with Gasteiger partial charge in [0.15, 0.2) is 5.69 Å². The van der Waals surface area contributed by atoms with E-state index in [-0.39, 0.29) is 11.9 Å². The van der Waals surface area contributed by atoms with Crippen LogP contribution in [0.5, 0.6) is 0 Å². The molecule has 128 valence electrons. The summed E-state index contributed by atoms with van der Waals surface area (Å²) in [5.41, 5.74) is 2.96. The van der Waals surface area contributed by atoms with Crippen LogP contribution in [0.1, 0.15) is 32.5 Å². The van der Waals surface area contributed by atoms with E-state index in [1.54, 1.807) is 22.2 Å². The molecule has 2 aromatic heterocycles. The summed E-state index contributed by atoms with van der Waals surface area (Å²) >= 11 is 1.66. The van der Waals surface area contributed by atoms with Crippen molar-refractivity contribution in [3.05, 3.63) is 69.7 Å². The van der Waals surface area contributed by atoms with Crippen LogP contribution in [-0.2, 0) is 13.0 Å². The number of aromatic nitrogens is 3. The summed E-state index contributed by atoms with van der Waals surface area (Å²) in [4.78, 5) is 13.5. The molecule has 0 aliphatic carbocycles. The van der Waals surface area contributed by atoms with Crippen molar-refractivity contribution < 1.29 is 4.79 Å². The monoisotopic (exact) mass is 353 g/mol. The molecule has 0 fully saturated rings. The third-order valence-electron chi connectivity index (χ3n) is 4.35. The summed E-state index contributed by atoms with van der Waals surface area (Å²) < 4.78 is 1.69. The zero-order valence-corrected chi connectivity index (χ0v) is 14.5. The first-order chi connectivity index (χ1) is 12.3. The summed E-state index contributed by atoms with van der Waals surface area (Å²) in [7, 11) is 0. The fraction of sp³-hybridized carbons (Fsp3) is 0.278. The van der Waals surface area contributed by atoms with Gasteiger partial charge in [-0.05, 0) is 35.5 Å². The number of fused-ring (bicyclic) bond motifs is 1. The Morgan fingerprint density at radius 2 is 2.24 bits per heavy atom. The molecule has 0 saturated heterocycles. The minimum Gasteiger partial charge on any atom is -0.349 e. The standard InChI is InChI=1S/C18H19N5OS/c24-18(17-12-23(22-21-17)11-14-5-3-9-25-14)20-10-16-15-6-2-1-4-13(15)7-8-19-16/h1-6,9,12,16,19H,7-8,10-11H2,(H,20,24). The molecule has 4 rings (SSSR count). The van der Waals surface area contributed by atoms with Crippen LogP contribution < -0.4 is 10.6 Å². The second-order valence-corrected chi connectivity index (χ2v) is 7.08. The third kappa shape index (κ3) is 3.62. The normalized spacial score (nSPS) is 16.4. The molecule has 2 N–H and O–H groups in total. The molecule has 0 saturated carbocycles. The Balaban J connectivity index is 1.38. The van der Waals surface area contributed by atoms with Crippen molar-refractivity contribution in [3.63, 3.8) is 0 Å². The number of nitrogens with zero attached hydrogens (tertiary/aromatic N) is 3. The number of amides is 1. The zero-order valence-electron chi connectivity index (χ0n) is 13.7. The van der Waals surface area contributed by atoms with Crippen LogP contribution in [0.3, 0.4) is 0 Å². The van der Waals surface area contributed by atoms with Crippen molar-refractivity contribution in [2.24, 2.45) is 0 Å². The molecule has 1 unspecified atom stereocenters. The topological polar surface area (TPSA) is 71.8 Å². The highest BCUT2D eigenvalue weighted by molar-refractivity contribution is 7.09. The SMILES string of the molecule is O=C(NCC1NCCc2ccccc21)c1cn(Cc2cccs2)nn1. The van der Waals surface area contributed by atoms with Crippen LogP contribution in [0.25, 0.3) is 0 Å². The quantitative estimate of drug-likeness (QED) is 0.736. The molecular formula is C18H19N5OS. The summed E-state index contributed by atoms with van der Waals surface area (Å²) in [6.45, 7) is 2.09. The maximum absolute atomic E-state index is 12.4. The molecular weight excluding hydrogens is 334 g/mol. The van der Waals surface area contributed by atoms with E-state index < -0.39 is 0 Å². The highest BCUT2D eigenvalue weighted by atomic mass is 32.1. The lowest BCUT2D eigenvalue weighted by Gasteiger charge is -2.26. The van der Waals surface area contributed by atoms with E-state index >= 15 is 0 Å². The van der Waals surface area contributed by atoms with Gasteiger partial charge in [0.1, 0.15) is 0 Å². The Kier molecular flexibility index (Phi) is 4.58. The van der Waals surface area contributed by atoms with Crippen molar-refractivity contribution in [1.82, 2.24) is 25.6 Å². The van der Waals surface area contributed by atoms with Crippen molar-refractivity contribution in [1.29, 1.82) is 0 Å². The van der Waals surface area contributed by atoms with E-state index in [1.165, 1.54) is 16.0 Å². The van der Waals surface area contributed by atoms with Gasteiger partial charge in [-0.2, -0.15) is 0 Å². The molecule has 6 nitrogen and oxygen atoms in total. The highest BCUT2D eigenvalue weighted by Gasteiger charge is 2.20. The van der Waals surface area contributed by atoms with Gasteiger partial charge in [-0.3, -0.25) is 4.79 Å². The van der Waals surface area contributed by atoms with Gasteiger partial charge in [-0.15, -0.1) is 16.4 Å². The summed E-state index contributed by atoms with van der Waals surface area (Å²) in [5.74, 6) is -0.192. The lowest BCUT2D eigenvalue weighted by atomic mass is 9.94. The van der Waals surface area contributed by atoms with Gasteiger partial charge in [-0.1, -0.05) is 35.5 Å². The van der Waals surface area contributed by atoms with E-state index in [2.05, 4.69) is 39.1 Å². The van der Waals surface area contributed by atoms with E-state index in [9.17, 15) is 4.79 Å². The highest BCUT2D eigenvalue weighted by Crippen LogP contribution is 2.21. The Labute approximate surface area is 149 Å². The number of rotatable bonds is 5. The van der Waals surface area contributed by atoms with Gasteiger partial charge in [0.25, 0.3) is 5.91 Å². The molecule has 3 aromatic rings. The van der Waals surface area contributed by atoms with E-state index in [1.807, 2.05) is 23.6 Å². The number of carbonyl (C=O) groups excluding carboxylic acids is 1. The third-order valence-corrected chi connectivity index (χ3v) is 5.21. The molecule has 1 atom stereocenters. The van der Waals surface area contributed by atoms with Crippen molar-refractivity contribution in [2.45, 2.75) is 19.0 Å². The number of hydrogen-bond acceptors (Lipinski definition) is 5. The maximum Gasteiger partial charge on any atom is 0.273 e. The Morgan fingerprint density at radius 3 is 3.12 bits per heavy atom. The molecule has 1 aromatic carbocycles. The van der Waals surface area contributed by atoms with Gasteiger partial charge < -0.3 is 10.6 Å². The van der Waals surface area contributed by atoms with Crippen molar-refractivity contribution in [3.8, 4) is 0 Å². The van der Waals surface area contributed by atoms with Gasteiger partial charge in [0, 0.05) is 17.5 Å². The number of hydrogen-bond donors (Lipinski definition) is 2. The van der Waals surface area contributed by atoms with E-state index in [4.69, 9.17) is 0 Å². The van der Waals surface area contributed by atoms with E-state index in [0.29, 0.717) is 18.8 Å². The molecule has 0 radical (unpaired) electrons. The minimum absolute atomic E-state index is 0.134. The second-order valence-electron chi connectivity index (χ2n) is 6.05. The molecule has 3 heterocycles. The zero-order chi connectivity index (χ0) is 17.1. The molecule has 1 aliphatic heterocycles. The second kappa shape index (κ2) is 7.16. The van der Waals surface area contributed by atoms with Gasteiger partial charge >= 0.3 is 0 Å². The smallest absolute Gasteiger partial charge is 0.273 e. The van der Waals surface area contributed by atoms with Gasteiger partial charge in [-0.25, -0.2) is 4.68 Å². The van der Waals surface area contributed by atoms with Crippen LogP contribution in [0, 0.1) is 0 Å². The largest absolute Gasteiger partial charge is 0.349 e. The molecule has 1 amide bonds. The summed E-state index contributed by atoms with van der Waals surface area (Å²) in [5, 5.41) is 16.5. The molecule has 0 spiro atoms. The Morgan fingerprint density at radius 1 is 1.32 bits per heavy atom. The predicted octanol–water partition coefficient (Wildman–Crippen LogP) is 2.00. The first kappa shape index (κ1) is 16.0. The number of thiophene rings is 1. The maximum atomic E-state index is 12.4. The number of nitrogens with one attached hydrogen (secondary N) is 2. The van der Waals surface area contributed by atoms with Crippen LogP contribution in [-0.4, -0.2) is 34.0 Å². The predicted molar refractivity (Wildman–Crippen MR) is 96.7 cm³/mol. The average molecular weight is 353 g/mol. The summed E-state index contributed by atoms with van der Waals surface area (Å²) in [6, 6.07) is 12.5. The number of carbonyl (C=O) groups is 1. The molecule has 25 heavy (non-hydrogen) atoms. The fourth-order valence-corrected chi connectivity index (χ4v) is 3.80. The molecule has 1 aliphatic rings. The van der Waals surface area contributed by atoms with Gasteiger partial charge in [0.2, 0.25) is 0 Å². The van der Waals surface area contributed by atoms with Gasteiger partial charge in [0.05, 0.1) is 12.7 Å².